The first-order valence-electron chi connectivity index (χ1n) is 9.07. The van der Waals surface area contributed by atoms with E-state index in [1.807, 2.05) is 17.5 Å². The number of aromatic amines is 1. The molecule has 0 bridgehead atoms. The highest BCUT2D eigenvalue weighted by Crippen LogP contribution is 2.35. The summed E-state index contributed by atoms with van der Waals surface area (Å²) in [6, 6.07) is 5.69. The molecule has 2 heterocycles. The molecule has 0 saturated carbocycles. The third-order valence-corrected chi connectivity index (χ3v) is 5.48. The van der Waals surface area contributed by atoms with Gasteiger partial charge in [-0.1, -0.05) is 6.07 Å². The van der Waals surface area contributed by atoms with Gasteiger partial charge in [0, 0.05) is 7.11 Å². The van der Waals surface area contributed by atoms with Gasteiger partial charge >= 0.3 is 6.18 Å². The van der Waals surface area contributed by atoms with Gasteiger partial charge in [-0.2, -0.15) is 18.3 Å². The summed E-state index contributed by atoms with van der Waals surface area (Å²) in [6.45, 7) is 1.92. The Labute approximate surface area is 184 Å². The highest BCUT2D eigenvalue weighted by molar-refractivity contribution is 7.71. The van der Waals surface area contributed by atoms with E-state index < -0.39 is 23.7 Å². The van der Waals surface area contributed by atoms with E-state index in [1.54, 1.807) is 6.92 Å². The van der Waals surface area contributed by atoms with Crippen LogP contribution in [0.1, 0.15) is 18.5 Å². The molecule has 2 N–H and O–H groups in total. The maximum atomic E-state index is 13.2. The van der Waals surface area contributed by atoms with E-state index in [9.17, 15) is 18.0 Å². The minimum Gasteiger partial charge on any atom is -0.489 e. The fourth-order valence-corrected chi connectivity index (χ4v) is 3.76. The maximum absolute atomic E-state index is 13.2. The molecule has 0 aliphatic carbocycles. The van der Waals surface area contributed by atoms with E-state index in [1.165, 1.54) is 29.1 Å². The molecule has 0 fully saturated rings. The van der Waals surface area contributed by atoms with Crippen LogP contribution < -0.4 is 10.1 Å². The first-order valence-corrected chi connectivity index (χ1v) is 10.4. The van der Waals surface area contributed by atoms with Gasteiger partial charge < -0.3 is 14.8 Å². The van der Waals surface area contributed by atoms with Crippen LogP contribution in [0.15, 0.2) is 35.7 Å². The van der Waals surface area contributed by atoms with Crippen LogP contribution in [0.5, 0.6) is 5.75 Å². The zero-order valence-electron chi connectivity index (χ0n) is 16.5. The molecule has 0 aliphatic rings. The second kappa shape index (κ2) is 9.62. The Kier molecular flexibility index (Phi) is 7.13. The van der Waals surface area contributed by atoms with Crippen molar-refractivity contribution in [3.63, 3.8) is 0 Å². The van der Waals surface area contributed by atoms with Crippen molar-refractivity contribution in [2.45, 2.75) is 19.1 Å². The fraction of sp³-hybridized carbons (Fsp3) is 0.316. The topological polar surface area (TPSA) is 81.2 Å². The predicted octanol–water partition coefficient (Wildman–Crippen LogP) is 4.91. The molecule has 0 spiro atoms. The van der Waals surface area contributed by atoms with E-state index in [0.717, 1.165) is 17.0 Å². The monoisotopic (exact) mass is 472 g/mol. The van der Waals surface area contributed by atoms with Crippen molar-refractivity contribution >= 4 is 35.1 Å². The van der Waals surface area contributed by atoms with E-state index in [-0.39, 0.29) is 29.4 Å². The quantitative estimate of drug-likeness (QED) is 0.360. The SMILES string of the molecule is COCCOc1ccc(C(F)(F)F)cc1NC(=O)C(C)n1c(-c2cccs2)n[nH]c1=S. The minimum atomic E-state index is -4.57. The molecule has 166 valence electrons. The van der Waals surface area contributed by atoms with E-state index in [0.29, 0.717) is 5.82 Å². The zero-order valence-corrected chi connectivity index (χ0v) is 18.2. The second-order valence-electron chi connectivity index (χ2n) is 6.41. The van der Waals surface area contributed by atoms with Crippen LogP contribution in [0, 0.1) is 4.77 Å². The first kappa shape index (κ1) is 23.0. The zero-order chi connectivity index (χ0) is 22.6. The summed E-state index contributed by atoms with van der Waals surface area (Å²) in [5.41, 5.74) is -1.01. The van der Waals surface area contributed by atoms with Gasteiger partial charge in [0.25, 0.3) is 0 Å². The number of nitrogens with zero attached hydrogens (tertiary/aromatic N) is 2. The van der Waals surface area contributed by atoms with Crippen molar-refractivity contribution in [2.75, 3.05) is 25.6 Å². The highest BCUT2D eigenvalue weighted by Gasteiger charge is 2.32. The van der Waals surface area contributed by atoms with Crippen molar-refractivity contribution in [3.8, 4) is 16.5 Å². The number of methoxy groups -OCH3 is 1. The molecule has 3 aromatic rings. The van der Waals surface area contributed by atoms with Gasteiger partial charge in [-0.25, -0.2) is 0 Å². The smallest absolute Gasteiger partial charge is 0.416 e. The van der Waals surface area contributed by atoms with Crippen molar-refractivity contribution < 1.29 is 27.4 Å². The molecule has 31 heavy (non-hydrogen) atoms. The molecular weight excluding hydrogens is 453 g/mol. The molecule has 2 aromatic heterocycles. The molecule has 1 unspecified atom stereocenters. The van der Waals surface area contributed by atoms with Gasteiger partial charge in [-0.15, -0.1) is 11.3 Å². The Bertz CT molecular complexity index is 1090. The molecule has 12 heteroatoms. The number of carbonyl (C=O) groups excluding carboxylic acids is 1. The molecule has 0 radical (unpaired) electrons. The Morgan fingerprint density at radius 3 is 2.77 bits per heavy atom. The summed E-state index contributed by atoms with van der Waals surface area (Å²) in [7, 11) is 1.47. The molecule has 3 rings (SSSR count). The molecular formula is C19H19F3N4O3S2. The maximum Gasteiger partial charge on any atom is 0.416 e. The molecule has 1 atom stereocenters. The number of aromatic nitrogens is 3. The normalized spacial score (nSPS) is 12.5. The molecule has 0 aliphatic heterocycles. The summed E-state index contributed by atoms with van der Waals surface area (Å²) in [4.78, 5) is 13.7. The summed E-state index contributed by atoms with van der Waals surface area (Å²) < 4.78 is 51.6. The van der Waals surface area contributed by atoms with Gasteiger partial charge in [0.05, 0.1) is 22.7 Å². The third kappa shape index (κ3) is 5.32. The summed E-state index contributed by atoms with van der Waals surface area (Å²) in [6.07, 6.45) is -4.57. The van der Waals surface area contributed by atoms with Crippen molar-refractivity contribution in [2.24, 2.45) is 0 Å². The number of amides is 1. The first-order chi connectivity index (χ1) is 14.7. The number of anilines is 1. The van der Waals surface area contributed by atoms with Crippen LogP contribution in [-0.4, -0.2) is 41.0 Å². The summed E-state index contributed by atoms with van der Waals surface area (Å²) in [5, 5.41) is 11.2. The van der Waals surface area contributed by atoms with Crippen molar-refractivity contribution in [1.29, 1.82) is 0 Å². The van der Waals surface area contributed by atoms with E-state index in [2.05, 4.69) is 15.5 Å². The number of H-pyrrole nitrogens is 1. The fourth-order valence-electron chi connectivity index (χ4n) is 2.76. The van der Waals surface area contributed by atoms with Crippen LogP contribution in [0.3, 0.4) is 0 Å². The molecule has 7 nitrogen and oxygen atoms in total. The average Bonchev–Trinajstić information content (AvgIpc) is 3.37. The predicted molar refractivity (Wildman–Crippen MR) is 113 cm³/mol. The lowest BCUT2D eigenvalue weighted by atomic mass is 10.1. The minimum absolute atomic E-state index is 0.0971. The van der Waals surface area contributed by atoms with Crippen LogP contribution in [0.4, 0.5) is 18.9 Å². The number of benzene rings is 1. The van der Waals surface area contributed by atoms with Crippen LogP contribution in [0.25, 0.3) is 10.7 Å². The largest absolute Gasteiger partial charge is 0.489 e. The average molecular weight is 473 g/mol. The number of hydrogen-bond acceptors (Lipinski definition) is 6. The number of alkyl halides is 3. The van der Waals surface area contributed by atoms with Gasteiger partial charge in [0.15, 0.2) is 10.6 Å². The van der Waals surface area contributed by atoms with Gasteiger partial charge in [-0.05, 0) is 48.8 Å². The molecule has 0 saturated heterocycles. The Balaban J connectivity index is 1.90. The van der Waals surface area contributed by atoms with E-state index in [4.69, 9.17) is 21.7 Å². The lowest BCUT2D eigenvalue weighted by Gasteiger charge is -2.18. The van der Waals surface area contributed by atoms with Crippen molar-refractivity contribution in [3.05, 3.63) is 46.0 Å². The lowest BCUT2D eigenvalue weighted by Crippen LogP contribution is -2.25. The Hall–Kier alpha value is -2.70. The Morgan fingerprint density at radius 1 is 1.35 bits per heavy atom. The lowest BCUT2D eigenvalue weighted by molar-refractivity contribution is -0.137. The number of ether oxygens (including phenoxy) is 2. The second-order valence-corrected chi connectivity index (χ2v) is 7.75. The molecule has 1 amide bonds. The van der Waals surface area contributed by atoms with Crippen LogP contribution >= 0.6 is 23.6 Å². The summed E-state index contributed by atoms with van der Waals surface area (Å²) in [5.74, 6) is -0.0191. The van der Waals surface area contributed by atoms with Crippen molar-refractivity contribution in [1.82, 2.24) is 14.8 Å². The number of carbonyl (C=O) groups is 1. The van der Waals surface area contributed by atoms with Gasteiger partial charge in [0.2, 0.25) is 5.91 Å². The van der Waals surface area contributed by atoms with Crippen LogP contribution in [-0.2, 0) is 15.7 Å². The number of rotatable bonds is 8. The number of halogens is 3. The Morgan fingerprint density at radius 2 is 2.13 bits per heavy atom. The van der Waals surface area contributed by atoms with Gasteiger partial charge in [-0.3, -0.25) is 14.5 Å². The number of hydrogen-bond donors (Lipinski definition) is 2. The van der Waals surface area contributed by atoms with E-state index >= 15 is 0 Å². The standard InChI is InChI=1S/C19H19F3N4O3S2/c1-11(26-16(24-25-18(26)30)15-4-3-9-31-15)17(27)23-13-10-12(19(20,21)22)5-6-14(13)29-8-7-28-2/h3-6,9-11H,7-8H2,1-2H3,(H,23,27)(H,25,30). The number of thiophene rings is 1. The molecule has 1 aromatic carbocycles. The van der Waals surface area contributed by atoms with Crippen LogP contribution in [0.2, 0.25) is 0 Å². The number of nitrogens with one attached hydrogen (secondary N) is 2. The third-order valence-electron chi connectivity index (χ3n) is 4.32. The van der Waals surface area contributed by atoms with Gasteiger partial charge in [0.1, 0.15) is 18.4 Å². The summed E-state index contributed by atoms with van der Waals surface area (Å²) >= 11 is 6.67. The highest BCUT2D eigenvalue weighted by atomic mass is 32.1.